The molecule has 3 aromatic carbocycles. The van der Waals surface area contributed by atoms with Gasteiger partial charge in [0, 0.05) is 45.9 Å². The minimum atomic E-state index is -0.383. The van der Waals surface area contributed by atoms with E-state index in [0.717, 1.165) is 33.3 Å². The molecule has 7 heteroatoms. The fourth-order valence-electron chi connectivity index (χ4n) is 3.58. The molecule has 0 saturated carbocycles. The van der Waals surface area contributed by atoms with Crippen molar-refractivity contribution in [1.82, 2.24) is 9.99 Å². The standard InChI is InChI=1S/C24H21ClN4O2/c1-17-23(15-27-26-14-18-6-10-20(25)11-7-18)22-4-2-3-5-24(22)28(17)16-19-8-12-21(13-9-19)29(30)31/h2-13,15,26H,14,16H2,1H3/b27-15-. The van der Waals surface area contributed by atoms with E-state index in [-0.39, 0.29) is 10.6 Å². The predicted molar refractivity (Wildman–Crippen MR) is 125 cm³/mol. The fourth-order valence-corrected chi connectivity index (χ4v) is 3.71. The lowest BCUT2D eigenvalue weighted by molar-refractivity contribution is -0.384. The molecule has 0 atom stereocenters. The summed E-state index contributed by atoms with van der Waals surface area (Å²) in [5.41, 5.74) is 8.50. The van der Waals surface area contributed by atoms with Crippen LogP contribution in [0.3, 0.4) is 0 Å². The third-order valence-corrected chi connectivity index (χ3v) is 5.50. The number of hydrazone groups is 1. The summed E-state index contributed by atoms with van der Waals surface area (Å²) in [6.45, 7) is 3.29. The Morgan fingerprint density at radius 1 is 1.03 bits per heavy atom. The highest BCUT2D eigenvalue weighted by Crippen LogP contribution is 2.26. The van der Waals surface area contributed by atoms with E-state index in [4.69, 9.17) is 11.6 Å². The summed E-state index contributed by atoms with van der Waals surface area (Å²) >= 11 is 5.93. The van der Waals surface area contributed by atoms with Gasteiger partial charge in [0.05, 0.1) is 17.7 Å². The molecule has 0 radical (unpaired) electrons. The molecule has 1 N–H and O–H groups in total. The van der Waals surface area contributed by atoms with Crippen molar-refractivity contribution in [3.8, 4) is 0 Å². The number of fused-ring (bicyclic) bond motifs is 1. The van der Waals surface area contributed by atoms with Gasteiger partial charge in [0.25, 0.3) is 5.69 Å². The first-order valence-electron chi connectivity index (χ1n) is 9.84. The molecule has 6 nitrogen and oxygen atoms in total. The fraction of sp³-hybridized carbons (Fsp3) is 0.125. The van der Waals surface area contributed by atoms with Crippen molar-refractivity contribution in [2.24, 2.45) is 5.10 Å². The lowest BCUT2D eigenvalue weighted by Crippen LogP contribution is -2.06. The summed E-state index contributed by atoms with van der Waals surface area (Å²) in [6, 6.07) is 22.5. The molecule has 0 fully saturated rings. The zero-order valence-electron chi connectivity index (χ0n) is 17.0. The first kappa shape index (κ1) is 20.6. The van der Waals surface area contributed by atoms with E-state index in [9.17, 15) is 10.1 Å². The highest BCUT2D eigenvalue weighted by molar-refractivity contribution is 6.30. The molecule has 0 spiro atoms. The van der Waals surface area contributed by atoms with Crippen LogP contribution in [0.4, 0.5) is 5.69 Å². The van der Waals surface area contributed by atoms with Crippen molar-refractivity contribution in [3.05, 3.63) is 110 Å². The van der Waals surface area contributed by atoms with Crippen molar-refractivity contribution >= 4 is 34.4 Å². The van der Waals surface area contributed by atoms with Crippen molar-refractivity contribution < 1.29 is 4.92 Å². The van der Waals surface area contributed by atoms with Crippen LogP contribution in [0.5, 0.6) is 0 Å². The summed E-state index contributed by atoms with van der Waals surface area (Å²) in [7, 11) is 0. The average Bonchev–Trinajstić information content (AvgIpc) is 3.04. The van der Waals surface area contributed by atoms with Gasteiger partial charge in [-0.15, -0.1) is 0 Å². The van der Waals surface area contributed by atoms with E-state index in [0.29, 0.717) is 18.1 Å². The quantitative estimate of drug-likeness (QED) is 0.232. The van der Waals surface area contributed by atoms with E-state index >= 15 is 0 Å². The molecule has 1 aromatic heterocycles. The Kier molecular flexibility index (Phi) is 6.00. The SMILES string of the molecule is Cc1c(/C=N\NCc2ccc(Cl)cc2)c2ccccc2n1Cc1ccc([N+](=O)[O-])cc1. The molecular weight excluding hydrogens is 412 g/mol. The van der Waals surface area contributed by atoms with Crippen LogP contribution in [-0.2, 0) is 13.1 Å². The number of aromatic nitrogens is 1. The minimum absolute atomic E-state index is 0.0948. The van der Waals surface area contributed by atoms with Crippen LogP contribution in [0, 0.1) is 17.0 Å². The molecule has 0 aliphatic rings. The molecule has 4 aromatic rings. The summed E-state index contributed by atoms with van der Waals surface area (Å²) in [6.07, 6.45) is 1.85. The second kappa shape index (κ2) is 9.02. The molecule has 4 rings (SSSR count). The molecule has 0 amide bonds. The van der Waals surface area contributed by atoms with Gasteiger partial charge in [-0.2, -0.15) is 5.10 Å². The van der Waals surface area contributed by atoms with Gasteiger partial charge >= 0.3 is 0 Å². The van der Waals surface area contributed by atoms with Gasteiger partial charge in [-0.1, -0.05) is 54.1 Å². The van der Waals surface area contributed by atoms with Crippen LogP contribution in [0.25, 0.3) is 10.9 Å². The number of halogens is 1. The van der Waals surface area contributed by atoms with Gasteiger partial charge < -0.3 is 9.99 Å². The maximum Gasteiger partial charge on any atom is 0.269 e. The van der Waals surface area contributed by atoms with E-state index in [1.54, 1.807) is 24.3 Å². The number of benzene rings is 3. The largest absolute Gasteiger partial charge is 0.340 e. The Morgan fingerprint density at radius 3 is 2.42 bits per heavy atom. The maximum atomic E-state index is 10.9. The molecule has 0 saturated heterocycles. The van der Waals surface area contributed by atoms with Crippen molar-refractivity contribution in [1.29, 1.82) is 0 Å². The van der Waals surface area contributed by atoms with E-state index < -0.39 is 0 Å². The molecule has 0 aliphatic heterocycles. The van der Waals surface area contributed by atoms with Crippen molar-refractivity contribution in [2.75, 3.05) is 0 Å². The molecule has 0 bridgehead atoms. The average molecular weight is 433 g/mol. The summed E-state index contributed by atoms with van der Waals surface area (Å²) < 4.78 is 2.21. The van der Waals surface area contributed by atoms with Crippen LogP contribution >= 0.6 is 11.6 Å². The molecule has 0 unspecified atom stereocenters. The lowest BCUT2D eigenvalue weighted by Gasteiger charge is -2.08. The molecule has 156 valence electrons. The zero-order chi connectivity index (χ0) is 21.8. The third-order valence-electron chi connectivity index (χ3n) is 5.25. The first-order chi connectivity index (χ1) is 15.0. The normalized spacial score (nSPS) is 11.3. The van der Waals surface area contributed by atoms with Crippen LogP contribution in [0.15, 0.2) is 77.9 Å². The van der Waals surface area contributed by atoms with Gasteiger partial charge in [0.1, 0.15) is 0 Å². The highest BCUT2D eigenvalue weighted by atomic mass is 35.5. The number of hydrogen-bond donors (Lipinski definition) is 1. The summed E-state index contributed by atoms with van der Waals surface area (Å²) in [4.78, 5) is 10.5. The summed E-state index contributed by atoms with van der Waals surface area (Å²) in [5.74, 6) is 0. The number of nitro benzene ring substituents is 1. The number of rotatable bonds is 7. The Labute approximate surface area is 184 Å². The Balaban J connectivity index is 1.57. The van der Waals surface area contributed by atoms with Crippen molar-refractivity contribution in [3.63, 3.8) is 0 Å². The summed E-state index contributed by atoms with van der Waals surface area (Å²) in [5, 5.41) is 17.2. The van der Waals surface area contributed by atoms with Crippen LogP contribution in [-0.4, -0.2) is 15.7 Å². The van der Waals surface area contributed by atoms with E-state index in [2.05, 4.69) is 34.2 Å². The molecular formula is C24H21ClN4O2. The van der Waals surface area contributed by atoms with Crippen molar-refractivity contribution in [2.45, 2.75) is 20.0 Å². The lowest BCUT2D eigenvalue weighted by atomic mass is 10.1. The minimum Gasteiger partial charge on any atom is -0.340 e. The maximum absolute atomic E-state index is 10.9. The van der Waals surface area contributed by atoms with Gasteiger partial charge in [-0.05, 0) is 36.2 Å². The van der Waals surface area contributed by atoms with Gasteiger partial charge in [0.15, 0.2) is 0 Å². The Hall–Kier alpha value is -3.64. The zero-order valence-corrected chi connectivity index (χ0v) is 17.7. The van der Waals surface area contributed by atoms with Gasteiger partial charge in [0.2, 0.25) is 0 Å². The number of non-ortho nitro benzene ring substituents is 1. The Morgan fingerprint density at radius 2 is 1.71 bits per heavy atom. The number of nitrogens with zero attached hydrogens (tertiary/aromatic N) is 3. The van der Waals surface area contributed by atoms with Gasteiger partial charge in [-0.3, -0.25) is 10.1 Å². The second-order valence-electron chi connectivity index (χ2n) is 7.25. The monoisotopic (exact) mass is 432 g/mol. The highest BCUT2D eigenvalue weighted by Gasteiger charge is 2.13. The number of hydrogen-bond acceptors (Lipinski definition) is 4. The number of para-hydroxylation sites is 1. The molecule has 31 heavy (non-hydrogen) atoms. The van der Waals surface area contributed by atoms with E-state index in [1.807, 2.05) is 42.6 Å². The van der Waals surface area contributed by atoms with Crippen LogP contribution < -0.4 is 5.43 Å². The second-order valence-corrected chi connectivity index (χ2v) is 7.68. The number of nitro groups is 1. The smallest absolute Gasteiger partial charge is 0.269 e. The molecule has 0 aliphatic carbocycles. The Bertz CT molecular complexity index is 1250. The molecule has 1 heterocycles. The topological polar surface area (TPSA) is 72.5 Å². The third kappa shape index (κ3) is 4.59. The van der Waals surface area contributed by atoms with E-state index in [1.165, 1.54) is 0 Å². The van der Waals surface area contributed by atoms with Gasteiger partial charge in [-0.25, -0.2) is 0 Å². The predicted octanol–water partition coefficient (Wildman–Crippen LogP) is 5.68. The number of nitrogens with one attached hydrogen (secondary N) is 1. The van der Waals surface area contributed by atoms with Crippen LogP contribution in [0.2, 0.25) is 5.02 Å². The van der Waals surface area contributed by atoms with Crippen LogP contribution in [0.1, 0.15) is 22.4 Å². The first-order valence-corrected chi connectivity index (χ1v) is 10.2.